The molecule has 0 spiro atoms. The van der Waals surface area contributed by atoms with E-state index in [1.54, 1.807) is 4.90 Å². The Morgan fingerprint density at radius 2 is 1.38 bits per heavy atom. The molecule has 37 heavy (non-hydrogen) atoms. The van der Waals surface area contributed by atoms with Gasteiger partial charge in [0.15, 0.2) is 0 Å². The molecule has 0 aromatic carbocycles. The van der Waals surface area contributed by atoms with Crippen molar-refractivity contribution in [1.82, 2.24) is 4.90 Å². The van der Waals surface area contributed by atoms with Gasteiger partial charge in [0.2, 0.25) is 0 Å². The number of hydrogen-bond acceptors (Lipinski definition) is 5. The summed E-state index contributed by atoms with van der Waals surface area (Å²) in [4.78, 5) is 27.2. The maximum atomic E-state index is 13.1. The Labute approximate surface area is 227 Å². The Morgan fingerprint density at radius 3 is 1.86 bits per heavy atom. The van der Waals surface area contributed by atoms with Gasteiger partial charge < -0.3 is 14.2 Å². The summed E-state index contributed by atoms with van der Waals surface area (Å²) < 4.78 is 17.6. The smallest absolute Gasteiger partial charge is 0.413 e. The highest BCUT2D eigenvalue weighted by Crippen LogP contribution is 2.35. The van der Waals surface area contributed by atoms with Crippen LogP contribution in [-0.4, -0.2) is 47.0 Å². The number of allylic oxidation sites excluding steroid dienone is 1. The topological polar surface area (TPSA) is 65.1 Å². The monoisotopic (exact) mass is 523 g/mol. The van der Waals surface area contributed by atoms with Crippen LogP contribution in [0.25, 0.3) is 0 Å². The first kappa shape index (κ1) is 33.5. The van der Waals surface area contributed by atoms with Crippen LogP contribution < -0.4 is 0 Å². The van der Waals surface area contributed by atoms with E-state index in [1.807, 2.05) is 61.5 Å². The summed E-state index contributed by atoms with van der Waals surface area (Å²) in [5.41, 5.74) is -2.14. The van der Waals surface area contributed by atoms with Crippen LogP contribution in [0.1, 0.15) is 139 Å². The van der Waals surface area contributed by atoms with Gasteiger partial charge in [-0.15, -0.1) is 0 Å². The quantitative estimate of drug-likeness (QED) is 0.122. The second-order valence-corrected chi connectivity index (χ2v) is 13.0. The zero-order valence-corrected chi connectivity index (χ0v) is 25.5. The van der Waals surface area contributed by atoms with Gasteiger partial charge in [-0.05, 0) is 68.2 Å². The van der Waals surface area contributed by atoms with E-state index >= 15 is 0 Å². The van der Waals surface area contributed by atoms with Crippen molar-refractivity contribution < 1.29 is 23.8 Å². The van der Waals surface area contributed by atoms with Crippen LogP contribution in [0.5, 0.6) is 0 Å². The summed E-state index contributed by atoms with van der Waals surface area (Å²) in [5.74, 6) is -0.301. The maximum Gasteiger partial charge on any atom is 0.413 e. The second kappa shape index (κ2) is 15.8. The van der Waals surface area contributed by atoms with E-state index in [2.05, 4.69) is 13.0 Å². The van der Waals surface area contributed by atoms with Gasteiger partial charge in [-0.3, -0.25) is 9.69 Å². The van der Waals surface area contributed by atoms with Crippen LogP contribution in [0.15, 0.2) is 12.2 Å². The maximum absolute atomic E-state index is 13.1. The van der Waals surface area contributed by atoms with Gasteiger partial charge in [0.05, 0.1) is 5.41 Å². The third-order valence-corrected chi connectivity index (χ3v) is 6.60. The number of rotatable bonds is 15. The molecule has 1 rings (SSSR count). The molecule has 1 heterocycles. The minimum atomic E-state index is -0.882. The van der Waals surface area contributed by atoms with Gasteiger partial charge in [0, 0.05) is 0 Å². The molecule has 2 atom stereocenters. The van der Waals surface area contributed by atoms with Crippen molar-refractivity contribution in [2.75, 3.05) is 6.61 Å². The lowest BCUT2D eigenvalue weighted by atomic mass is 9.97. The van der Waals surface area contributed by atoms with Gasteiger partial charge in [-0.2, -0.15) is 0 Å². The molecule has 0 aromatic rings. The molecule has 1 saturated heterocycles. The number of nitrogens with zero attached hydrogens (tertiary/aromatic N) is 1. The molecule has 1 amide bonds. The molecule has 216 valence electrons. The Bertz CT molecular complexity index is 701. The van der Waals surface area contributed by atoms with E-state index in [0.717, 1.165) is 12.8 Å². The van der Waals surface area contributed by atoms with E-state index in [0.29, 0.717) is 0 Å². The highest BCUT2D eigenvalue weighted by Gasteiger charge is 2.51. The molecule has 0 aliphatic carbocycles. The number of ether oxygens (including phenoxy) is 3. The third kappa shape index (κ3) is 13.2. The molecule has 6 nitrogen and oxygen atoms in total. The van der Waals surface area contributed by atoms with Crippen LogP contribution in [0.3, 0.4) is 0 Å². The van der Waals surface area contributed by atoms with E-state index in [-0.39, 0.29) is 18.7 Å². The molecule has 0 bridgehead atoms. The molecule has 1 unspecified atom stereocenters. The SMILES string of the molecule is CCCCCCCCCCCCC/C=C/[C@H]1OC(C)(C)N(C(=O)OC(C)(C)C)C1COC(=O)C(C)(C)C. The molecule has 6 heteroatoms. The van der Waals surface area contributed by atoms with Crippen molar-refractivity contribution in [2.45, 2.75) is 163 Å². The second-order valence-electron chi connectivity index (χ2n) is 13.0. The fourth-order valence-corrected chi connectivity index (χ4v) is 4.55. The highest BCUT2D eigenvalue weighted by atomic mass is 16.6. The Balaban J connectivity index is 2.62. The molecular weight excluding hydrogens is 466 g/mol. The lowest BCUT2D eigenvalue weighted by Gasteiger charge is -2.35. The average Bonchev–Trinajstić information content (AvgIpc) is 3.02. The summed E-state index contributed by atoms with van der Waals surface area (Å²) in [7, 11) is 0. The zero-order chi connectivity index (χ0) is 28.1. The molecule has 0 saturated carbocycles. The van der Waals surface area contributed by atoms with Crippen LogP contribution >= 0.6 is 0 Å². The molecular formula is C31H57NO5. The van der Waals surface area contributed by atoms with Crippen molar-refractivity contribution >= 4 is 12.1 Å². The lowest BCUT2D eigenvalue weighted by Crippen LogP contribution is -2.52. The normalized spacial score (nSPS) is 20.0. The van der Waals surface area contributed by atoms with E-state index in [9.17, 15) is 9.59 Å². The van der Waals surface area contributed by atoms with Crippen LogP contribution in [0, 0.1) is 5.41 Å². The van der Waals surface area contributed by atoms with Crippen LogP contribution in [0.2, 0.25) is 0 Å². The summed E-state index contributed by atoms with van der Waals surface area (Å²) in [6.07, 6.45) is 18.9. The van der Waals surface area contributed by atoms with E-state index in [1.165, 1.54) is 64.2 Å². The van der Waals surface area contributed by atoms with Gasteiger partial charge in [0.1, 0.15) is 30.1 Å². The first-order valence-corrected chi connectivity index (χ1v) is 14.7. The predicted octanol–water partition coefficient (Wildman–Crippen LogP) is 8.57. The van der Waals surface area contributed by atoms with Crippen molar-refractivity contribution in [3.8, 4) is 0 Å². The van der Waals surface area contributed by atoms with Crippen molar-refractivity contribution in [2.24, 2.45) is 5.41 Å². The van der Waals surface area contributed by atoms with E-state index < -0.39 is 28.9 Å². The van der Waals surface area contributed by atoms with Crippen molar-refractivity contribution in [1.29, 1.82) is 0 Å². The first-order valence-electron chi connectivity index (χ1n) is 14.7. The van der Waals surface area contributed by atoms with Gasteiger partial charge >= 0.3 is 12.1 Å². The molecule has 0 N–H and O–H groups in total. The number of carbonyl (C=O) groups excluding carboxylic acids is 2. The molecule has 0 radical (unpaired) electrons. The predicted molar refractivity (Wildman–Crippen MR) is 151 cm³/mol. The summed E-state index contributed by atoms with van der Waals surface area (Å²) in [5, 5.41) is 0. The number of carbonyl (C=O) groups is 2. The summed E-state index contributed by atoms with van der Waals surface area (Å²) >= 11 is 0. The Hall–Kier alpha value is -1.56. The minimum absolute atomic E-state index is 0.0617. The Morgan fingerprint density at radius 1 is 0.865 bits per heavy atom. The number of unbranched alkanes of at least 4 members (excludes halogenated alkanes) is 11. The summed E-state index contributed by atoms with van der Waals surface area (Å²) in [6.45, 7) is 17.0. The highest BCUT2D eigenvalue weighted by molar-refractivity contribution is 5.75. The largest absolute Gasteiger partial charge is 0.463 e. The summed E-state index contributed by atoms with van der Waals surface area (Å²) in [6, 6.07) is -0.454. The fraction of sp³-hybridized carbons (Fsp3) is 0.871. The van der Waals surface area contributed by atoms with Gasteiger partial charge in [-0.1, -0.05) is 83.3 Å². The Kier molecular flexibility index (Phi) is 14.3. The fourth-order valence-electron chi connectivity index (χ4n) is 4.55. The van der Waals surface area contributed by atoms with Crippen molar-refractivity contribution in [3.63, 3.8) is 0 Å². The zero-order valence-electron chi connectivity index (χ0n) is 25.5. The molecule has 0 aromatic heterocycles. The molecule has 1 aliphatic heterocycles. The van der Waals surface area contributed by atoms with Crippen LogP contribution in [-0.2, 0) is 19.0 Å². The van der Waals surface area contributed by atoms with Gasteiger partial charge in [-0.25, -0.2) is 4.79 Å². The van der Waals surface area contributed by atoms with Crippen molar-refractivity contribution in [3.05, 3.63) is 12.2 Å². The molecule has 1 fully saturated rings. The average molecular weight is 524 g/mol. The first-order chi connectivity index (χ1) is 17.2. The minimum Gasteiger partial charge on any atom is -0.463 e. The molecule has 1 aliphatic rings. The lowest BCUT2D eigenvalue weighted by molar-refractivity contribution is -0.154. The number of amides is 1. The van der Waals surface area contributed by atoms with E-state index in [4.69, 9.17) is 14.2 Å². The van der Waals surface area contributed by atoms with Gasteiger partial charge in [0.25, 0.3) is 0 Å². The number of esters is 1. The third-order valence-electron chi connectivity index (χ3n) is 6.60. The standard InChI is InChI=1S/C31H57NO5/c1-10-11-12-13-14-15-16-17-18-19-20-21-22-23-26-25(24-35-27(33)29(2,3)4)32(31(8,9)36-26)28(34)37-30(5,6)7/h22-23,25-26H,10-21,24H2,1-9H3/b23-22+/t25?,26-/m1/s1. The number of hydrogen-bond donors (Lipinski definition) is 0. The van der Waals surface area contributed by atoms with Crippen LogP contribution in [0.4, 0.5) is 4.79 Å².